The van der Waals surface area contributed by atoms with E-state index in [-0.39, 0.29) is 0 Å². The number of carbonyl (C=O) groups is 1. The van der Waals surface area contributed by atoms with Gasteiger partial charge in [-0.1, -0.05) is 0 Å². The molecule has 12 heavy (non-hydrogen) atoms. The largest absolute Gasteiger partial charge is 0.303 e. The number of aldehydes is 1. The standard InChI is InChI=1S/C9H12N2O/c1-7-6-10-8(2)9(11-7)4-3-5-12/h5-6H,3-4H2,1-2H3. The lowest BCUT2D eigenvalue weighted by Gasteiger charge is -2.01. The summed E-state index contributed by atoms with van der Waals surface area (Å²) in [5.74, 6) is 0. The van der Waals surface area contributed by atoms with Crippen molar-refractivity contribution in [3.63, 3.8) is 0 Å². The summed E-state index contributed by atoms with van der Waals surface area (Å²) in [7, 11) is 0. The third kappa shape index (κ3) is 2.12. The number of nitrogens with zero attached hydrogens (tertiary/aromatic N) is 2. The van der Waals surface area contributed by atoms with Gasteiger partial charge in [-0.25, -0.2) is 0 Å². The van der Waals surface area contributed by atoms with Gasteiger partial charge in [0, 0.05) is 12.6 Å². The minimum absolute atomic E-state index is 0.527. The molecule has 0 aliphatic heterocycles. The molecule has 0 aliphatic carbocycles. The van der Waals surface area contributed by atoms with E-state index in [0.717, 1.165) is 23.4 Å². The Hall–Kier alpha value is -1.25. The van der Waals surface area contributed by atoms with E-state index < -0.39 is 0 Å². The second-order valence-electron chi connectivity index (χ2n) is 2.75. The fourth-order valence-electron chi connectivity index (χ4n) is 1.02. The van der Waals surface area contributed by atoms with E-state index in [4.69, 9.17) is 0 Å². The third-order valence-corrected chi connectivity index (χ3v) is 1.67. The van der Waals surface area contributed by atoms with Gasteiger partial charge in [0.15, 0.2) is 0 Å². The third-order valence-electron chi connectivity index (χ3n) is 1.67. The topological polar surface area (TPSA) is 42.9 Å². The molecule has 0 amide bonds. The number of aryl methyl sites for hydroxylation is 3. The SMILES string of the molecule is Cc1cnc(C)c(CCC=O)n1. The van der Waals surface area contributed by atoms with Gasteiger partial charge < -0.3 is 4.79 Å². The first-order valence-electron chi connectivity index (χ1n) is 3.97. The van der Waals surface area contributed by atoms with Gasteiger partial charge in [0.1, 0.15) is 6.29 Å². The van der Waals surface area contributed by atoms with Crippen LogP contribution in [0, 0.1) is 13.8 Å². The first-order valence-corrected chi connectivity index (χ1v) is 3.97. The minimum atomic E-state index is 0.527. The lowest BCUT2D eigenvalue weighted by Crippen LogP contribution is -1.99. The zero-order valence-electron chi connectivity index (χ0n) is 7.37. The first-order chi connectivity index (χ1) is 5.74. The molecule has 0 aliphatic rings. The van der Waals surface area contributed by atoms with E-state index in [1.165, 1.54) is 0 Å². The Balaban J connectivity index is 2.82. The number of carbonyl (C=O) groups excluding carboxylic acids is 1. The maximum Gasteiger partial charge on any atom is 0.120 e. The molecule has 0 unspecified atom stereocenters. The summed E-state index contributed by atoms with van der Waals surface area (Å²) in [6.45, 7) is 3.81. The Morgan fingerprint density at radius 1 is 1.50 bits per heavy atom. The summed E-state index contributed by atoms with van der Waals surface area (Å²) in [6, 6.07) is 0. The number of hydrogen-bond donors (Lipinski definition) is 0. The molecule has 0 fully saturated rings. The van der Waals surface area contributed by atoms with E-state index in [1.54, 1.807) is 6.20 Å². The van der Waals surface area contributed by atoms with E-state index >= 15 is 0 Å². The lowest BCUT2D eigenvalue weighted by molar-refractivity contribution is -0.107. The second-order valence-corrected chi connectivity index (χ2v) is 2.75. The summed E-state index contributed by atoms with van der Waals surface area (Å²) >= 11 is 0. The van der Waals surface area contributed by atoms with Crippen LogP contribution in [0.2, 0.25) is 0 Å². The molecule has 3 nitrogen and oxygen atoms in total. The molecule has 1 heterocycles. The lowest BCUT2D eigenvalue weighted by atomic mass is 10.2. The van der Waals surface area contributed by atoms with Crippen LogP contribution in [0.4, 0.5) is 0 Å². The fourth-order valence-corrected chi connectivity index (χ4v) is 1.02. The van der Waals surface area contributed by atoms with Crippen LogP contribution in [0.15, 0.2) is 6.20 Å². The molecule has 0 saturated heterocycles. The van der Waals surface area contributed by atoms with Crippen LogP contribution < -0.4 is 0 Å². The van der Waals surface area contributed by atoms with Crippen LogP contribution >= 0.6 is 0 Å². The van der Waals surface area contributed by atoms with Gasteiger partial charge >= 0.3 is 0 Å². The van der Waals surface area contributed by atoms with Crippen molar-refractivity contribution in [3.05, 3.63) is 23.3 Å². The van der Waals surface area contributed by atoms with E-state index in [2.05, 4.69) is 9.97 Å². The Labute approximate surface area is 71.9 Å². The van der Waals surface area contributed by atoms with Crippen molar-refractivity contribution >= 4 is 6.29 Å². The van der Waals surface area contributed by atoms with Gasteiger partial charge in [-0.15, -0.1) is 0 Å². The normalized spacial score (nSPS) is 9.83. The van der Waals surface area contributed by atoms with Crippen molar-refractivity contribution in [1.82, 2.24) is 9.97 Å². The van der Waals surface area contributed by atoms with Crippen molar-refractivity contribution in [1.29, 1.82) is 0 Å². The molecule has 0 N–H and O–H groups in total. The smallest absolute Gasteiger partial charge is 0.120 e. The number of aromatic nitrogens is 2. The van der Waals surface area contributed by atoms with Crippen LogP contribution in [-0.4, -0.2) is 16.3 Å². The molecule has 0 bridgehead atoms. The van der Waals surface area contributed by atoms with Gasteiger partial charge in [0.05, 0.1) is 17.1 Å². The predicted octanol–water partition coefficient (Wildman–Crippen LogP) is 1.22. The zero-order valence-corrected chi connectivity index (χ0v) is 7.37. The molecular formula is C9H12N2O. The molecule has 0 saturated carbocycles. The molecule has 3 heteroatoms. The summed E-state index contributed by atoms with van der Waals surface area (Å²) in [6.07, 6.45) is 3.87. The Bertz CT molecular complexity index is 284. The quantitative estimate of drug-likeness (QED) is 0.631. The monoisotopic (exact) mass is 164 g/mol. The molecule has 0 aromatic carbocycles. The molecule has 0 radical (unpaired) electrons. The summed E-state index contributed by atoms with van der Waals surface area (Å²) in [5.41, 5.74) is 2.76. The van der Waals surface area contributed by atoms with Crippen LogP contribution in [0.3, 0.4) is 0 Å². The van der Waals surface area contributed by atoms with E-state index in [9.17, 15) is 4.79 Å². The van der Waals surface area contributed by atoms with Gasteiger partial charge in [-0.2, -0.15) is 0 Å². The van der Waals surface area contributed by atoms with Crippen LogP contribution in [0.5, 0.6) is 0 Å². The molecule has 1 aromatic heterocycles. The highest BCUT2D eigenvalue weighted by Crippen LogP contribution is 2.04. The average molecular weight is 164 g/mol. The molecule has 1 rings (SSSR count). The van der Waals surface area contributed by atoms with Gasteiger partial charge in [0.2, 0.25) is 0 Å². The van der Waals surface area contributed by atoms with Crippen molar-refractivity contribution in [3.8, 4) is 0 Å². The van der Waals surface area contributed by atoms with Crippen LogP contribution in [0.25, 0.3) is 0 Å². The molecule has 0 spiro atoms. The predicted molar refractivity (Wildman–Crippen MR) is 45.9 cm³/mol. The molecule has 1 aromatic rings. The Morgan fingerprint density at radius 2 is 2.25 bits per heavy atom. The van der Waals surface area contributed by atoms with Gasteiger partial charge in [-0.05, 0) is 20.3 Å². The highest BCUT2D eigenvalue weighted by molar-refractivity contribution is 5.49. The Morgan fingerprint density at radius 3 is 2.92 bits per heavy atom. The summed E-state index contributed by atoms with van der Waals surface area (Å²) < 4.78 is 0. The van der Waals surface area contributed by atoms with Gasteiger partial charge in [0.25, 0.3) is 0 Å². The summed E-state index contributed by atoms with van der Waals surface area (Å²) in [5, 5.41) is 0. The average Bonchev–Trinajstić information content (AvgIpc) is 2.07. The summed E-state index contributed by atoms with van der Waals surface area (Å²) in [4.78, 5) is 18.6. The Kier molecular flexibility index (Phi) is 2.91. The molecule has 0 atom stereocenters. The van der Waals surface area contributed by atoms with Gasteiger partial charge in [-0.3, -0.25) is 9.97 Å². The van der Waals surface area contributed by atoms with Crippen molar-refractivity contribution in [2.75, 3.05) is 0 Å². The number of hydrogen-bond acceptors (Lipinski definition) is 3. The highest BCUT2D eigenvalue weighted by Gasteiger charge is 2.00. The van der Waals surface area contributed by atoms with Crippen molar-refractivity contribution in [2.24, 2.45) is 0 Å². The minimum Gasteiger partial charge on any atom is -0.303 e. The maximum absolute atomic E-state index is 10.1. The number of rotatable bonds is 3. The van der Waals surface area contributed by atoms with Crippen LogP contribution in [0.1, 0.15) is 23.5 Å². The van der Waals surface area contributed by atoms with Crippen molar-refractivity contribution in [2.45, 2.75) is 26.7 Å². The van der Waals surface area contributed by atoms with Crippen LogP contribution in [-0.2, 0) is 11.2 Å². The molecule has 64 valence electrons. The zero-order chi connectivity index (χ0) is 8.97. The van der Waals surface area contributed by atoms with E-state index in [0.29, 0.717) is 12.8 Å². The highest BCUT2D eigenvalue weighted by atomic mass is 16.1. The molecular weight excluding hydrogens is 152 g/mol. The fraction of sp³-hybridized carbons (Fsp3) is 0.444. The second kappa shape index (κ2) is 3.95. The van der Waals surface area contributed by atoms with E-state index in [1.807, 2.05) is 13.8 Å². The van der Waals surface area contributed by atoms with Crippen molar-refractivity contribution < 1.29 is 4.79 Å². The maximum atomic E-state index is 10.1. The first kappa shape index (κ1) is 8.84.